The highest BCUT2D eigenvalue weighted by molar-refractivity contribution is 7.92. The maximum Gasteiger partial charge on any atom is 0.244 e. The Morgan fingerprint density at radius 3 is 2.08 bits per heavy atom. The summed E-state index contributed by atoms with van der Waals surface area (Å²) in [6.07, 6.45) is 1.93. The van der Waals surface area contributed by atoms with Gasteiger partial charge in [-0.1, -0.05) is 77.9 Å². The van der Waals surface area contributed by atoms with Crippen LogP contribution in [0, 0.1) is 0 Å². The average Bonchev–Trinajstić information content (AvgIpc) is 2.80. The summed E-state index contributed by atoms with van der Waals surface area (Å²) >= 11 is 30.5. The highest BCUT2D eigenvalue weighted by Crippen LogP contribution is 2.35. The van der Waals surface area contributed by atoms with Gasteiger partial charge in [-0.05, 0) is 42.7 Å². The summed E-state index contributed by atoms with van der Waals surface area (Å²) in [6.45, 7) is 3.45. The summed E-state index contributed by atoms with van der Waals surface area (Å²) in [5.74, 6) is -0.988. The zero-order valence-electron chi connectivity index (χ0n) is 19.8. The molecule has 0 aliphatic heterocycles. The number of amides is 2. The summed E-state index contributed by atoms with van der Waals surface area (Å²) in [7, 11) is -3.99. The molecule has 2 rings (SSSR count). The van der Waals surface area contributed by atoms with Gasteiger partial charge in [-0.3, -0.25) is 13.9 Å². The van der Waals surface area contributed by atoms with Crippen LogP contribution in [0.2, 0.25) is 25.1 Å². The monoisotopic (exact) mass is 615 g/mol. The summed E-state index contributed by atoms with van der Waals surface area (Å²) in [4.78, 5) is 27.9. The van der Waals surface area contributed by atoms with E-state index in [1.165, 1.54) is 17.0 Å². The van der Waals surface area contributed by atoms with Crippen LogP contribution in [0.5, 0.6) is 0 Å². The van der Waals surface area contributed by atoms with Crippen LogP contribution in [-0.2, 0) is 26.2 Å². The van der Waals surface area contributed by atoms with E-state index in [9.17, 15) is 18.0 Å². The zero-order valence-corrected chi connectivity index (χ0v) is 24.4. The first-order chi connectivity index (χ1) is 16.8. The molecule has 0 heterocycles. The van der Waals surface area contributed by atoms with E-state index < -0.39 is 28.5 Å². The smallest absolute Gasteiger partial charge is 0.244 e. The van der Waals surface area contributed by atoms with Gasteiger partial charge in [-0.25, -0.2) is 8.42 Å². The van der Waals surface area contributed by atoms with E-state index in [-0.39, 0.29) is 44.7 Å². The van der Waals surface area contributed by atoms with Crippen molar-refractivity contribution in [2.45, 2.75) is 39.3 Å². The Morgan fingerprint density at radius 1 is 0.917 bits per heavy atom. The van der Waals surface area contributed by atoms with E-state index in [4.69, 9.17) is 58.0 Å². The number of rotatable bonds is 11. The van der Waals surface area contributed by atoms with Gasteiger partial charge in [0.2, 0.25) is 21.8 Å². The number of carbonyl (C=O) groups is 2. The molecule has 0 saturated carbocycles. The number of sulfonamides is 1. The lowest BCUT2D eigenvalue weighted by Gasteiger charge is -2.33. The van der Waals surface area contributed by atoms with Crippen molar-refractivity contribution in [3.8, 4) is 0 Å². The van der Waals surface area contributed by atoms with Crippen LogP contribution in [-0.4, -0.2) is 50.5 Å². The molecule has 0 fully saturated rings. The van der Waals surface area contributed by atoms with Crippen molar-refractivity contribution in [2.75, 3.05) is 23.7 Å². The van der Waals surface area contributed by atoms with Crippen molar-refractivity contribution in [1.29, 1.82) is 0 Å². The predicted octanol–water partition coefficient (Wildman–Crippen LogP) is 6.05. The molecule has 198 valence electrons. The molecule has 1 atom stereocenters. The molecule has 0 saturated heterocycles. The molecular weight excluding hydrogens is 592 g/mol. The van der Waals surface area contributed by atoms with Crippen molar-refractivity contribution in [2.24, 2.45) is 0 Å². The van der Waals surface area contributed by atoms with Gasteiger partial charge >= 0.3 is 0 Å². The number of nitrogens with zero attached hydrogens (tertiary/aromatic N) is 2. The van der Waals surface area contributed by atoms with E-state index in [0.29, 0.717) is 23.6 Å². The van der Waals surface area contributed by atoms with Gasteiger partial charge in [0.15, 0.2) is 0 Å². The van der Waals surface area contributed by atoms with Crippen molar-refractivity contribution in [3.05, 3.63) is 61.0 Å². The molecule has 0 spiro atoms. The fraction of sp³-hybridized carbons (Fsp3) is 0.391. The number of nitrogens with one attached hydrogen (secondary N) is 1. The zero-order chi connectivity index (χ0) is 27.2. The third kappa shape index (κ3) is 8.04. The number of hydrogen-bond donors (Lipinski definition) is 1. The molecule has 0 aliphatic rings. The first-order valence-corrected chi connectivity index (χ1v) is 14.7. The van der Waals surface area contributed by atoms with Crippen LogP contribution in [0.4, 0.5) is 5.69 Å². The van der Waals surface area contributed by atoms with Gasteiger partial charge in [-0.2, -0.15) is 0 Å². The molecule has 0 unspecified atom stereocenters. The number of anilines is 1. The second kappa shape index (κ2) is 13.4. The van der Waals surface area contributed by atoms with Gasteiger partial charge in [-0.15, -0.1) is 0 Å². The van der Waals surface area contributed by atoms with Crippen LogP contribution in [0.25, 0.3) is 0 Å². The molecule has 0 radical (unpaired) electrons. The van der Waals surface area contributed by atoms with Crippen LogP contribution in [0.15, 0.2) is 30.3 Å². The third-order valence-corrected chi connectivity index (χ3v) is 8.10. The summed E-state index contributed by atoms with van der Waals surface area (Å²) < 4.78 is 26.2. The quantitative estimate of drug-likeness (QED) is 0.311. The van der Waals surface area contributed by atoms with Gasteiger partial charge in [0, 0.05) is 13.1 Å². The van der Waals surface area contributed by atoms with Gasteiger partial charge < -0.3 is 10.2 Å². The van der Waals surface area contributed by atoms with E-state index in [1.54, 1.807) is 25.1 Å². The SMILES string of the molecule is CCCNC(=O)[C@@H](CC)N(Cc1ccc(Cl)c(Cl)c1)C(=O)CN(c1cc(Cl)c(Cl)cc1Cl)S(C)(=O)=O. The molecule has 0 aliphatic carbocycles. The Hall–Kier alpha value is -1.42. The van der Waals surface area contributed by atoms with Crippen LogP contribution >= 0.6 is 58.0 Å². The fourth-order valence-electron chi connectivity index (χ4n) is 3.42. The van der Waals surface area contributed by atoms with Crippen molar-refractivity contribution >= 4 is 85.5 Å². The minimum Gasteiger partial charge on any atom is -0.354 e. The maximum atomic E-state index is 13.7. The van der Waals surface area contributed by atoms with Crippen LogP contribution in [0.1, 0.15) is 32.3 Å². The highest BCUT2D eigenvalue weighted by Gasteiger charge is 2.32. The van der Waals surface area contributed by atoms with Gasteiger partial charge in [0.05, 0.1) is 37.1 Å². The average molecular weight is 618 g/mol. The van der Waals surface area contributed by atoms with Crippen molar-refractivity contribution in [3.63, 3.8) is 0 Å². The number of halogens is 5. The van der Waals surface area contributed by atoms with Crippen molar-refractivity contribution < 1.29 is 18.0 Å². The normalized spacial score (nSPS) is 12.2. The lowest BCUT2D eigenvalue weighted by molar-refractivity contribution is -0.140. The Morgan fingerprint density at radius 2 is 1.53 bits per heavy atom. The molecule has 2 aromatic carbocycles. The number of hydrogen-bond acceptors (Lipinski definition) is 4. The first-order valence-electron chi connectivity index (χ1n) is 10.9. The molecule has 13 heteroatoms. The second-order valence-electron chi connectivity index (χ2n) is 7.97. The molecule has 36 heavy (non-hydrogen) atoms. The highest BCUT2D eigenvalue weighted by atomic mass is 35.5. The fourth-order valence-corrected chi connectivity index (χ4v) is 5.29. The van der Waals surface area contributed by atoms with Crippen molar-refractivity contribution in [1.82, 2.24) is 10.2 Å². The van der Waals surface area contributed by atoms with Gasteiger partial charge in [0.25, 0.3) is 0 Å². The molecule has 0 bridgehead atoms. The molecule has 7 nitrogen and oxygen atoms in total. The van der Waals surface area contributed by atoms with Gasteiger partial charge in [0.1, 0.15) is 12.6 Å². The minimum atomic E-state index is -3.99. The molecule has 1 N–H and O–H groups in total. The molecule has 2 aromatic rings. The molecule has 2 amide bonds. The standard InChI is InChI=1S/C23H26Cl5N3O4S/c1-4-8-29-23(33)20(5-2)30(12-14-6-7-15(24)16(25)9-14)22(32)13-31(36(3,34)35)21-11-18(27)17(26)10-19(21)28/h6-7,9-11,20H,4-5,8,12-13H2,1-3H3,(H,29,33)/t20-/m1/s1. The van der Waals surface area contributed by atoms with E-state index >= 15 is 0 Å². The third-order valence-electron chi connectivity index (χ3n) is 5.21. The van der Waals surface area contributed by atoms with E-state index in [2.05, 4.69) is 5.32 Å². The predicted molar refractivity (Wildman–Crippen MR) is 148 cm³/mol. The second-order valence-corrected chi connectivity index (χ2v) is 11.9. The van der Waals surface area contributed by atoms with Crippen LogP contribution in [0.3, 0.4) is 0 Å². The Kier molecular flexibility index (Phi) is 11.5. The topological polar surface area (TPSA) is 86.8 Å². The lowest BCUT2D eigenvalue weighted by Crippen LogP contribution is -2.52. The van der Waals surface area contributed by atoms with E-state index in [0.717, 1.165) is 10.6 Å². The number of benzene rings is 2. The minimum absolute atomic E-state index is 0.00797. The van der Waals surface area contributed by atoms with Crippen LogP contribution < -0.4 is 9.62 Å². The lowest BCUT2D eigenvalue weighted by atomic mass is 10.1. The number of carbonyl (C=O) groups excluding carboxylic acids is 2. The maximum absolute atomic E-state index is 13.7. The summed E-state index contributed by atoms with van der Waals surface area (Å²) in [6, 6.07) is 6.54. The first kappa shape index (κ1) is 30.8. The molecule has 0 aromatic heterocycles. The molecular formula is C23H26Cl5N3O4S. The Balaban J connectivity index is 2.51. The van der Waals surface area contributed by atoms with E-state index in [1.807, 2.05) is 6.92 Å². The Labute approximate surface area is 236 Å². The largest absolute Gasteiger partial charge is 0.354 e. The summed E-state index contributed by atoms with van der Waals surface area (Å²) in [5, 5.41) is 3.60. The Bertz CT molecular complexity index is 1230. The summed E-state index contributed by atoms with van der Waals surface area (Å²) in [5.41, 5.74) is 0.595.